The van der Waals surface area contributed by atoms with Crippen molar-refractivity contribution in [2.75, 3.05) is 25.6 Å². The van der Waals surface area contributed by atoms with E-state index in [0.29, 0.717) is 31.7 Å². The number of methoxy groups -OCH3 is 1. The van der Waals surface area contributed by atoms with Crippen LogP contribution in [0.15, 0.2) is 18.2 Å². The zero-order valence-electron chi connectivity index (χ0n) is 11.6. The second-order valence-electron chi connectivity index (χ2n) is 4.86. The van der Waals surface area contributed by atoms with Crippen molar-refractivity contribution in [3.05, 3.63) is 24.0 Å². The lowest BCUT2D eigenvalue weighted by atomic mass is 9.79. The largest absolute Gasteiger partial charge is 0.494 e. The molecule has 21 heavy (non-hydrogen) atoms. The van der Waals surface area contributed by atoms with Crippen LogP contribution in [0.1, 0.15) is 12.8 Å². The lowest BCUT2D eigenvalue weighted by molar-refractivity contribution is -0.126. The Hall–Kier alpha value is -1.73. The summed E-state index contributed by atoms with van der Waals surface area (Å²) in [6.07, 6.45) is 0.874. The Morgan fingerprint density at radius 2 is 2.14 bits per heavy atom. The third-order valence-corrected chi connectivity index (χ3v) is 4.05. The number of amides is 1. The van der Waals surface area contributed by atoms with Crippen LogP contribution in [0.25, 0.3) is 0 Å². The number of hydrogen-bond donors (Lipinski definition) is 2. The van der Waals surface area contributed by atoms with Crippen molar-refractivity contribution in [3.8, 4) is 5.75 Å². The van der Waals surface area contributed by atoms with E-state index in [9.17, 15) is 9.18 Å². The van der Waals surface area contributed by atoms with E-state index in [0.717, 1.165) is 0 Å². The van der Waals surface area contributed by atoms with Crippen molar-refractivity contribution in [2.24, 2.45) is 11.1 Å². The van der Waals surface area contributed by atoms with Gasteiger partial charge in [-0.15, -0.1) is 0 Å². The van der Waals surface area contributed by atoms with Gasteiger partial charge < -0.3 is 20.5 Å². The van der Waals surface area contributed by atoms with Crippen molar-refractivity contribution in [2.45, 2.75) is 12.8 Å². The summed E-state index contributed by atoms with van der Waals surface area (Å²) >= 11 is 5.07. The first-order chi connectivity index (χ1) is 9.99. The highest BCUT2D eigenvalue weighted by Gasteiger charge is 2.43. The third kappa shape index (κ3) is 3.14. The zero-order valence-corrected chi connectivity index (χ0v) is 12.5. The fourth-order valence-corrected chi connectivity index (χ4v) is 2.59. The number of nitrogens with one attached hydrogen (secondary N) is 1. The fourth-order valence-electron chi connectivity index (χ4n) is 2.29. The maximum atomic E-state index is 13.4. The number of nitrogens with two attached hydrogens (primary N) is 1. The van der Waals surface area contributed by atoms with Crippen LogP contribution in [0, 0.1) is 11.2 Å². The second kappa shape index (κ2) is 6.36. The minimum absolute atomic E-state index is 0.0594. The van der Waals surface area contributed by atoms with Crippen LogP contribution in [-0.2, 0) is 9.53 Å². The Morgan fingerprint density at radius 1 is 1.48 bits per heavy atom. The van der Waals surface area contributed by atoms with Gasteiger partial charge in [-0.05, 0) is 25.0 Å². The molecule has 114 valence electrons. The molecule has 1 amide bonds. The van der Waals surface area contributed by atoms with Gasteiger partial charge in [0.15, 0.2) is 11.6 Å². The van der Waals surface area contributed by atoms with Crippen LogP contribution < -0.4 is 15.8 Å². The van der Waals surface area contributed by atoms with Crippen molar-refractivity contribution in [1.29, 1.82) is 0 Å². The van der Waals surface area contributed by atoms with E-state index in [1.807, 2.05) is 0 Å². The topological polar surface area (TPSA) is 73.6 Å². The molecule has 0 spiro atoms. The standard InChI is InChI=1S/C14H17FN2O3S/c1-19-11-8-9(2-3-10(11)15)17-13(18)14(12(16)21)4-6-20-7-5-14/h2-3,8H,4-7H2,1H3,(H2,16,21)(H,17,18). The Kier molecular flexibility index (Phi) is 4.74. The molecule has 2 rings (SSSR count). The van der Waals surface area contributed by atoms with Crippen LogP contribution in [0.2, 0.25) is 0 Å². The summed E-state index contributed by atoms with van der Waals surface area (Å²) in [5, 5.41) is 2.73. The van der Waals surface area contributed by atoms with E-state index in [1.165, 1.54) is 25.3 Å². The summed E-state index contributed by atoms with van der Waals surface area (Å²) in [7, 11) is 1.36. The van der Waals surface area contributed by atoms with Gasteiger partial charge in [-0.2, -0.15) is 0 Å². The van der Waals surface area contributed by atoms with Crippen LogP contribution in [0.5, 0.6) is 5.75 Å². The van der Waals surface area contributed by atoms with Gasteiger partial charge in [0, 0.05) is 25.0 Å². The molecule has 0 atom stereocenters. The predicted molar refractivity (Wildman–Crippen MR) is 80.9 cm³/mol. The van der Waals surface area contributed by atoms with E-state index in [1.54, 1.807) is 0 Å². The van der Waals surface area contributed by atoms with Crippen molar-refractivity contribution in [1.82, 2.24) is 0 Å². The minimum atomic E-state index is -0.921. The van der Waals surface area contributed by atoms with E-state index in [4.69, 9.17) is 27.4 Å². The monoisotopic (exact) mass is 312 g/mol. The molecule has 0 saturated carbocycles. The van der Waals surface area contributed by atoms with Crippen LogP contribution in [0.4, 0.5) is 10.1 Å². The smallest absolute Gasteiger partial charge is 0.237 e. The highest BCUT2D eigenvalue weighted by Crippen LogP contribution is 2.33. The fraction of sp³-hybridized carbons (Fsp3) is 0.429. The first-order valence-corrected chi connectivity index (χ1v) is 6.93. The van der Waals surface area contributed by atoms with Crippen molar-refractivity contribution >= 4 is 28.8 Å². The molecule has 1 aliphatic heterocycles. The number of rotatable bonds is 4. The first-order valence-electron chi connectivity index (χ1n) is 6.52. The summed E-state index contributed by atoms with van der Waals surface area (Å²) < 4.78 is 23.5. The molecule has 0 aliphatic carbocycles. The van der Waals surface area contributed by atoms with E-state index in [2.05, 4.69) is 5.32 Å². The van der Waals surface area contributed by atoms with E-state index in [-0.39, 0.29) is 16.6 Å². The molecule has 0 unspecified atom stereocenters. The zero-order chi connectivity index (χ0) is 15.5. The number of ether oxygens (including phenoxy) is 2. The molecular weight excluding hydrogens is 295 g/mol. The molecule has 3 N–H and O–H groups in total. The molecule has 0 aromatic heterocycles. The number of anilines is 1. The van der Waals surface area contributed by atoms with Crippen LogP contribution >= 0.6 is 12.2 Å². The maximum absolute atomic E-state index is 13.4. The summed E-state index contributed by atoms with van der Waals surface area (Å²) in [5.41, 5.74) is 5.28. The maximum Gasteiger partial charge on any atom is 0.237 e. The molecule has 7 heteroatoms. The first kappa shape index (κ1) is 15.7. The van der Waals surface area contributed by atoms with Gasteiger partial charge in [0.1, 0.15) is 5.41 Å². The minimum Gasteiger partial charge on any atom is -0.494 e. The number of hydrogen-bond acceptors (Lipinski definition) is 4. The SMILES string of the molecule is COc1cc(NC(=O)C2(C(N)=S)CCOCC2)ccc1F. The molecule has 5 nitrogen and oxygen atoms in total. The number of carbonyl (C=O) groups excluding carboxylic acids is 1. The Balaban J connectivity index is 2.21. The Morgan fingerprint density at radius 3 is 2.71 bits per heavy atom. The van der Waals surface area contributed by atoms with Gasteiger partial charge in [-0.1, -0.05) is 12.2 Å². The van der Waals surface area contributed by atoms with Crippen LogP contribution in [0.3, 0.4) is 0 Å². The molecule has 1 fully saturated rings. The molecule has 1 heterocycles. The highest BCUT2D eigenvalue weighted by atomic mass is 32.1. The van der Waals surface area contributed by atoms with Crippen molar-refractivity contribution < 1.29 is 18.7 Å². The number of thiocarbonyl (C=S) groups is 1. The van der Waals surface area contributed by atoms with Crippen molar-refractivity contribution in [3.63, 3.8) is 0 Å². The van der Waals surface area contributed by atoms with E-state index >= 15 is 0 Å². The molecular formula is C14H17FN2O3S. The summed E-state index contributed by atoms with van der Waals surface area (Å²) in [5.74, 6) is -0.735. The quantitative estimate of drug-likeness (QED) is 0.830. The molecule has 1 aromatic carbocycles. The molecule has 1 aromatic rings. The number of benzene rings is 1. The lowest BCUT2D eigenvalue weighted by Gasteiger charge is -2.34. The lowest BCUT2D eigenvalue weighted by Crippen LogP contribution is -2.49. The highest BCUT2D eigenvalue weighted by molar-refractivity contribution is 7.80. The second-order valence-corrected chi connectivity index (χ2v) is 5.30. The van der Waals surface area contributed by atoms with Gasteiger partial charge in [-0.25, -0.2) is 4.39 Å². The average Bonchev–Trinajstić information content (AvgIpc) is 2.49. The summed E-state index contributed by atoms with van der Waals surface area (Å²) in [6.45, 7) is 0.856. The number of carbonyl (C=O) groups is 1. The molecule has 0 bridgehead atoms. The van der Waals surface area contributed by atoms with Gasteiger partial charge in [-0.3, -0.25) is 4.79 Å². The average molecular weight is 312 g/mol. The van der Waals surface area contributed by atoms with Crippen LogP contribution in [-0.4, -0.2) is 31.2 Å². The third-order valence-electron chi connectivity index (χ3n) is 3.66. The molecule has 1 aliphatic rings. The Bertz CT molecular complexity index is 559. The molecule has 1 saturated heterocycles. The predicted octanol–water partition coefficient (Wildman–Crippen LogP) is 1.86. The van der Waals surface area contributed by atoms with Gasteiger partial charge in [0.25, 0.3) is 0 Å². The van der Waals surface area contributed by atoms with Gasteiger partial charge >= 0.3 is 0 Å². The molecule has 0 radical (unpaired) electrons. The van der Waals surface area contributed by atoms with Gasteiger partial charge in [0.2, 0.25) is 5.91 Å². The Labute approximate surface area is 127 Å². The summed E-state index contributed by atoms with van der Waals surface area (Å²) in [6, 6.07) is 4.11. The van der Waals surface area contributed by atoms with Gasteiger partial charge in [0.05, 0.1) is 12.1 Å². The van der Waals surface area contributed by atoms with E-state index < -0.39 is 11.2 Å². The summed E-state index contributed by atoms with van der Waals surface area (Å²) in [4.78, 5) is 12.7. The normalized spacial score (nSPS) is 17.0. The number of halogens is 1.